The molecular weight excluding hydrogens is 811 g/mol. The number of ether oxygens (including phenoxy) is 4. The van der Waals surface area contributed by atoms with Crippen molar-refractivity contribution in [2.45, 2.75) is 144 Å². The van der Waals surface area contributed by atoms with Crippen LogP contribution in [0.4, 0.5) is 0 Å². The minimum Gasteiger partial charge on any atom is -0.477 e. The van der Waals surface area contributed by atoms with Crippen LogP contribution in [0.5, 0.6) is 23.0 Å². The quantitative estimate of drug-likeness (QED) is 0.151. The summed E-state index contributed by atoms with van der Waals surface area (Å²) in [5, 5.41) is 26.7. The summed E-state index contributed by atoms with van der Waals surface area (Å²) in [7, 11) is 0. The summed E-state index contributed by atoms with van der Waals surface area (Å²) < 4.78 is 25.5. The van der Waals surface area contributed by atoms with Crippen LogP contribution in [0.3, 0.4) is 0 Å². The van der Waals surface area contributed by atoms with Gasteiger partial charge in [-0.1, -0.05) is 53.9 Å². The molecule has 4 aromatic carbocycles. The number of aryl methyl sites for hydroxylation is 2. The van der Waals surface area contributed by atoms with Crippen molar-refractivity contribution in [3.63, 3.8) is 0 Å². The molecule has 0 radical (unpaired) electrons. The van der Waals surface area contributed by atoms with E-state index in [4.69, 9.17) is 18.9 Å². The average molecular weight is 864 g/mol. The summed E-state index contributed by atoms with van der Waals surface area (Å²) in [6.07, 6.45) is 6.37. The Balaban J connectivity index is 0.800. The van der Waals surface area contributed by atoms with Crippen molar-refractivity contribution in [1.82, 2.24) is 4.90 Å². The molecule has 11 nitrogen and oxygen atoms in total. The van der Waals surface area contributed by atoms with E-state index in [2.05, 4.69) is 4.90 Å². The Hall–Kier alpha value is -5.10. The fraction of sp³-hybridized carbons (Fsp3) is 0.509. The molecule has 0 aromatic heterocycles. The maximum absolute atomic E-state index is 14.2. The molecular formula is C53H53NO10. The number of aliphatic hydroxyl groups is 2. The molecule has 4 saturated carbocycles. The monoisotopic (exact) mass is 863 g/mol. The minimum atomic E-state index is -1.12. The van der Waals surface area contributed by atoms with E-state index in [1.807, 2.05) is 50.2 Å². The first kappa shape index (κ1) is 39.3. The van der Waals surface area contributed by atoms with Gasteiger partial charge in [0.2, 0.25) is 0 Å². The predicted octanol–water partition coefficient (Wildman–Crippen LogP) is 6.34. The van der Waals surface area contributed by atoms with E-state index < -0.39 is 46.2 Å². The summed E-state index contributed by atoms with van der Waals surface area (Å²) >= 11 is 0. The van der Waals surface area contributed by atoms with E-state index in [0.717, 1.165) is 70.1 Å². The molecule has 3 heterocycles. The van der Waals surface area contributed by atoms with Crippen molar-refractivity contribution in [3.05, 3.63) is 93.0 Å². The number of piperidine rings is 1. The number of nitrogens with zero attached hydrogens (tertiary/aromatic N) is 1. The Labute approximate surface area is 371 Å². The highest BCUT2D eigenvalue weighted by molar-refractivity contribution is 5.96. The summed E-state index contributed by atoms with van der Waals surface area (Å²) in [5.41, 5.74) is 3.20. The molecule has 13 rings (SSSR count). The highest BCUT2D eigenvalue weighted by Gasteiger charge is 2.74. The second kappa shape index (κ2) is 13.3. The lowest BCUT2D eigenvalue weighted by atomic mass is 9.46. The molecule has 8 atom stereocenters. The molecule has 3 aliphatic heterocycles. The Morgan fingerprint density at radius 2 is 1.28 bits per heavy atom. The molecule has 6 aliphatic carbocycles. The third-order valence-corrected chi connectivity index (χ3v) is 17.6. The average Bonchev–Trinajstić information content (AvgIpc) is 3.88. The molecule has 4 bridgehead atoms. The zero-order valence-electron chi connectivity index (χ0n) is 36.4. The Bertz CT molecular complexity index is 2810. The predicted molar refractivity (Wildman–Crippen MR) is 233 cm³/mol. The van der Waals surface area contributed by atoms with E-state index in [0.29, 0.717) is 67.1 Å². The SMILES string of the molecule is Cc1cc(CC(=O)Oc2ccc3c4c2O[C@H]2C(=O)CC[C@@]5(O)[C@H](CCC[C@]425)C3)c2c(CC(=O)Oc3ccc4c5c3O[C@H]3C(=O)CC[C@@]6(O)[C@@H](C4)N(CC4CC4)CC[C@]536)cc(C)cc2c1. The third kappa shape index (κ3) is 5.09. The van der Waals surface area contributed by atoms with Crippen molar-refractivity contribution >= 4 is 34.3 Å². The number of carbonyl (C=O) groups is 4. The number of likely N-dealkylation sites (tertiary alicyclic amines) is 1. The standard InChI is InChI=1S/C53H53NO10/c1-27-18-32-19-28(2)21-34(25-42(58)62-39-10-8-31-23-40-53(60)15-12-37(56)49-51(53,45(31)47(39)64-49)16-17-54(40)26-29-5-6-29)43(32)33(20-27)24-41(57)61-38-9-7-30-22-35-4-3-13-50-44(30)46(38)63-48(50)36(55)11-14-52(35,50)59/h7-10,18-21,29,35,40,48-49,59-60H,3-6,11-17,22-26H2,1-2H3/t35-,40-,48+,49+,50+,51+,52-,53-/m1/s1. The van der Waals surface area contributed by atoms with Gasteiger partial charge in [-0.3, -0.25) is 24.1 Å². The zero-order chi connectivity index (χ0) is 43.7. The van der Waals surface area contributed by atoms with Gasteiger partial charge < -0.3 is 29.2 Å². The number of rotatable bonds is 8. The van der Waals surface area contributed by atoms with Gasteiger partial charge in [0.25, 0.3) is 0 Å². The van der Waals surface area contributed by atoms with Gasteiger partial charge in [-0.05, 0) is 135 Å². The number of hydrogen-bond donors (Lipinski definition) is 2. The van der Waals surface area contributed by atoms with Gasteiger partial charge in [-0.25, -0.2) is 0 Å². The molecule has 1 saturated heterocycles. The van der Waals surface area contributed by atoms with Gasteiger partial charge in [0, 0.05) is 36.6 Å². The Morgan fingerprint density at radius 3 is 1.88 bits per heavy atom. The molecule has 330 valence electrons. The maximum atomic E-state index is 14.2. The maximum Gasteiger partial charge on any atom is 0.315 e. The lowest BCUT2D eigenvalue weighted by molar-refractivity contribution is -0.188. The summed E-state index contributed by atoms with van der Waals surface area (Å²) in [4.78, 5) is 57.9. The van der Waals surface area contributed by atoms with Crippen LogP contribution in [0.2, 0.25) is 0 Å². The van der Waals surface area contributed by atoms with Crippen LogP contribution in [0, 0.1) is 25.7 Å². The van der Waals surface area contributed by atoms with Crippen LogP contribution < -0.4 is 18.9 Å². The van der Waals surface area contributed by atoms with E-state index in [1.165, 1.54) is 12.8 Å². The number of Topliss-reactive ketones (excluding diaryl/α,β-unsaturated/α-hetero) is 2. The topological polar surface area (TPSA) is 149 Å². The summed E-state index contributed by atoms with van der Waals surface area (Å²) in [6, 6.07) is 15.4. The molecule has 0 unspecified atom stereocenters. The van der Waals surface area contributed by atoms with Gasteiger partial charge in [0.15, 0.2) is 46.8 Å². The van der Waals surface area contributed by atoms with Crippen molar-refractivity contribution < 1.29 is 48.3 Å². The first-order valence-corrected chi connectivity index (χ1v) is 23.7. The highest BCUT2D eigenvalue weighted by Crippen LogP contribution is 2.68. The highest BCUT2D eigenvalue weighted by atomic mass is 16.6. The number of ketones is 2. The second-order valence-electron chi connectivity index (χ2n) is 21.0. The van der Waals surface area contributed by atoms with Crippen LogP contribution in [0.25, 0.3) is 10.8 Å². The number of hydrogen-bond acceptors (Lipinski definition) is 11. The largest absolute Gasteiger partial charge is 0.477 e. The fourth-order valence-corrected chi connectivity index (χ4v) is 15.0. The Morgan fingerprint density at radius 1 is 0.719 bits per heavy atom. The lowest BCUT2D eigenvalue weighted by Gasteiger charge is -2.62. The third-order valence-electron chi connectivity index (χ3n) is 17.6. The number of fused-ring (bicyclic) bond motifs is 1. The normalized spacial score (nSPS) is 33.6. The van der Waals surface area contributed by atoms with E-state index in [1.54, 1.807) is 12.1 Å². The van der Waals surface area contributed by atoms with Crippen LogP contribution in [0.15, 0.2) is 48.5 Å². The molecule has 9 aliphatic rings. The lowest BCUT2D eigenvalue weighted by Crippen LogP contribution is -2.76. The smallest absolute Gasteiger partial charge is 0.315 e. The van der Waals surface area contributed by atoms with Crippen molar-refractivity contribution in [2.24, 2.45) is 11.8 Å². The summed E-state index contributed by atoms with van der Waals surface area (Å²) in [6.45, 7) is 5.70. The molecule has 64 heavy (non-hydrogen) atoms. The van der Waals surface area contributed by atoms with Crippen LogP contribution in [0.1, 0.15) is 109 Å². The molecule has 2 spiro atoms. The van der Waals surface area contributed by atoms with Gasteiger partial charge in [0.1, 0.15) is 0 Å². The molecule has 11 heteroatoms. The van der Waals surface area contributed by atoms with Crippen molar-refractivity contribution in [3.8, 4) is 23.0 Å². The van der Waals surface area contributed by atoms with Crippen molar-refractivity contribution in [2.75, 3.05) is 13.1 Å². The molecule has 5 fully saturated rings. The second-order valence-corrected chi connectivity index (χ2v) is 21.0. The minimum absolute atomic E-state index is 0.0137. The first-order valence-electron chi connectivity index (χ1n) is 23.7. The number of carbonyl (C=O) groups excluding carboxylic acids is 4. The van der Waals surface area contributed by atoms with Gasteiger partial charge in [0.05, 0.1) is 34.9 Å². The van der Waals surface area contributed by atoms with Gasteiger partial charge in [-0.15, -0.1) is 0 Å². The van der Waals surface area contributed by atoms with Crippen LogP contribution in [-0.2, 0) is 55.7 Å². The van der Waals surface area contributed by atoms with Gasteiger partial charge in [-0.2, -0.15) is 0 Å². The molecule has 2 N–H and O–H groups in total. The van der Waals surface area contributed by atoms with E-state index >= 15 is 0 Å². The van der Waals surface area contributed by atoms with Crippen LogP contribution in [-0.4, -0.2) is 81.2 Å². The number of esters is 2. The molecule has 4 aromatic rings. The molecule has 0 amide bonds. The zero-order valence-corrected chi connectivity index (χ0v) is 36.4. The number of benzene rings is 4. The van der Waals surface area contributed by atoms with Crippen molar-refractivity contribution in [1.29, 1.82) is 0 Å². The fourth-order valence-electron chi connectivity index (χ4n) is 15.0. The van der Waals surface area contributed by atoms with E-state index in [-0.39, 0.29) is 60.7 Å². The van der Waals surface area contributed by atoms with Gasteiger partial charge >= 0.3 is 11.9 Å². The Kier molecular flexibility index (Phi) is 8.14. The van der Waals surface area contributed by atoms with E-state index in [9.17, 15) is 29.4 Å². The first-order chi connectivity index (χ1) is 30.8. The summed E-state index contributed by atoms with van der Waals surface area (Å²) in [5.74, 6) is 0.974. The van der Waals surface area contributed by atoms with Crippen LogP contribution >= 0.6 is 0 Å².